The molecule has 0 heterocycles. The third-order valence-electron chi connectivity index (χ3n) is 3.93. The van der Waals surface area contributed by atoms with Crippen molar-refractivity contribution in [2.45, 2.75) is 18.9 Å². The van der Waals surface area contributed by atoms with E-state index in [1.165, 1.54) is 0 Å². The van der Waals surface area contributed by atoms with Crippen molar-refractivity contribution >= 4 is 5.97 Å². The Morgan fingerprint density at radius 3 is 2.17 bits per heavy atom. The second kappa shape index (κ2) is 7.15. The Morgan fingerprint density at radius 1 is 1.04 bits per heavy atom. The van der Waals surface area contributed by atoms with Gasteiger partial charge in [-0.25, -0.2) is 0 Å². The minimum absolute atomic E-state index is 0.420. The van der Waals surface area contributed by atoms with Gasteiger partial charge in [0.2, 0.25) is 0 Å². The maximum atomic E-state index is 11.2. The van der Waals surface area contributed by atoms with Crippen molar-refractivity contribution in [3.8, 4) is 11.5 Å². The van der Waals surface area contributed by atoms with E-state index >= 15 is 0 Å². The molecule has 0 radical (unpaired) electrons. The maximum Gasteiger partial charge on any atom is 0.310 e. The first-order valence-electron chi connectivity index (χ1n) is 7.28. The van der Waals surface area contributed by atoms with Crippen LogP contribution in [0.2, 0.25) is 0 Å². The highest BCUT2D eigenvalue weighted by atomic mass is 16.5. The van der Waals surface area contributed by atoms with E-state index in [9.17, 15) is 9.90 Å². The molecule has 5 heteroatoms. The van der Waals surface area contributed by atoms with Crippen LogP contribution in [0.3, 0.4) is 0 Å². The summed E-state index contributed by atoms with van der Waals surface area (Å²) in [6, 6.07) is 12.3. The summed E-state index contributed by atoms with van der Waals surface area (Å²) in [7, 11) is 3.18. The van der Waals surface area contributed by atoms with Gasteiger partial charge in [0.1, 0.15) is 11.5 Å². The molecule has 2 aromatic carbocycles. The van der Waals surface area contributed by atoms with E-state index in [1.807, 2.05) is 24.3 Å². The van der Waals surface area contributed by atoms with Crippen LogP contribution in [0.15, 0.2) is 42.5 Å². The lowest BCUT2D eigenvalue weighted by atomic mass is 9.93. The van der Waals surface area contributed by atoms with Gasteiger partial charge in [-0.1, -0.05) is 18.2 Å². The topological polar surface area (TPSA) is 81.8 Å². The van der Waals surface area contributed by atoms with Gasteiger partial charge in [-0.3, -0.25) is 4.79 Å². The van der Waals surface area contributed by atoms with E-state index in [1.54, 1.807) is 39.3 Å². The van der Waals surface area contributed by atoms with E-state index in [4.69, 9.17) is 15.2 Å². The van der Waals surface area contributed by atoms with Gasteiger partial charge in [-0.2, -0.15) is 0 Å². The fourth-order valence-electron chi connectivity index (χ4n) is 2.40. The standard InChI is InChI=1S/C18H21NO4/c1-11(18(20)21)13-6-9-16(23-3)15(10-13)17(19)12-4-7-14(22-2)8-5-12/h4-11,17H,19H2,1-3H3,(H,20,21). The van der Waals surface area contributed by atoms with Crippen molar-refractivity contribution in [3.63, 3.8) is 0 Å². The molecule has 5 nitrogen and oxygen atoms in total. The number of carboxylic acids is 1. The fourth-order valence-corrected chi connectivity index (χ4v) is 2.40. The van der Waals surface area contributed by atoms with E-state index in [-0.39, 0.29) is 0 Å². The van der Waals surface area contributed by atoms with Crippen LogP contribution in [0.4, 0.5) is 0 Å². The molecule has 0 bridgehead atoms. The first kappa shape index (κ1) is 16.8. The molecule has 122 valence electrons. The summed E-state index contributed by atoms with van der Waals surface area (Å²) in [5, 5.41) is 9.19. The maximum absolute atomic E-state index is 11.2. The molecular weight excluding hydrogens is 294 g/mol. The number of carbonyl (C=O) groups is 1. The van der Waals surface area contributed by atoms with Crippen molar-refractivity contribution in [3.05, 3.63) is 59.2 Å². The molecule has 0 fully saturated rings. The Bertz CT molecular complexity index is 682. The number of aliphatic carboxylic acids is 1. The monoisotopic (exact) mass is 315 g/mol. The van der Waals surface area contributed by atoms with Crippen LogP contribution in [0.25, 0.3) is 0 Å². The second-order valence-electron chi connectivity index (χ2n) is 5.31. The average Bonchev–Trinajstić information content (AvgIpc) is 2.59. The molecule has 3 N–H and O–H groups in total. The number of hydrogen-bond donors (Lipinski definition) is 2. The molecular formula is C18H21NO4. The Kier molecular flexibility index (Phi) is 5.24. The molecule has 0 aliphatic heterocycles. The highest BCUT2D eigenvalue weighted by Gasteiger charge is 2.19. The van der Waals surface area contributed by atoms with E-state index in [0.717, 1.165) is 16.9 Å². The summed E-state index contributed by atoms with van der Waals surface area (Å²) in [4.78, 5) is 11.2. The highest BCUT2D eigenvalue weighted by molar-refractivity contribution is 5.75. The smallest absolute Gasteiger partial charge is 0.310 e. The van der Waals surface area contributed by atoms with Crippen LogP contribution in [0.1, 0.15) is 35.6 Å². The Balaban J connectivity index is 2.42. The highest BCUT2D eigenvalue weighted by Crippen LogP contribution is 2.32. The molecule has 0 aliphatic carbocycles. The normalized spacial score (nSPS) is 13.2. The molecule has 0 amide bonds. The minimum Gasteiger partial charge on any atom is -0.497 e. The zero-order valence-corrected chi connectivity index (χ0v) is 13.4. The van der Waals surface area contributed by atoms with Gasteiger partial charge >= 0.3 is 5.97 Å². The third-order valence-corrected chi connectivity index (χ3v) is 3.93. The van der Waals surface area contributed by atoms with E-state index in [2.05, 4.69) is 0 Å². The first-order valence-corrected chi connectivity index (χ1v) is 7.28. The van der Waals surface area contributed by atoms with Crippen LogP contribution in [0.5, 0.6) is 11.5 Å². The number of carboxylic acid groups (broad SMARTS) is 1. The molecule has 0 aliphatic rings. The number of benzene rings is 2. The predicted molar refractivity (Wildman–Crippen MR) is 88.1 cm³/mol. The SMILES string of the molecule is COc1ccc(C(N)c2cc(C(C)C(=O)O)ccc2OC)cc1. The summed E-state index contributed by atoms with van der Waals surface area (Å²) in [5.74, 6) is -0.0994. The average molecular weight is 315 g/mol. The summed E-state index contributed by atoms with van der Waals surface area (Å²) in [6.45, 7) is 1.65. The third kappa shape index (κ3) is 3.63. The molecule has 0 aromatic heterocycles. The number of rotatable bonds is 6. The minimum atomic E-state index is -0.876. The van der Waals surface area contributed by atoms with Gasteiger partial charge in [0, 0.05) is 5.56 Å². The summed E-state index contributed by atoms with van der Waals surface area (Å²) >= 11 is 0. The molecule has 0 saturated heterocycles. The molecule has 2 atom stereocenters. The van der Waals surface area contributed by atoms with Crippen LogP contribution < -0.4 is 15.2 Å². The van der Waals surface area contributed by atoms with Gasteiger partial charge in [0.05, 0.1) is 26.2 Å². The number of methoxy groups -OCH3 is 2. The van der Waals surface area contributed by atoms with Crippen molar-refractivity contribution in [1.82, 2.24) is 0 Å². The lowest BCUT2D eigenvalue weighted by Gasteiger charge is -2.19. The zero-order valence-electron chi connectivity index (χ0n) is 13.4. The van der Waals surface area contributed by atoms with Gasteiger partial charge in [-0.15, -0.1) is 0 Å². The number of ether oxygens (including phenoxy) is 2. The molecule has 0 saturated carbocycles. The van der Waals surface area contributed by atoms with E-state index in [0.29, 0.717) is 11.3 Å². The van der Waals surface area contributed by atoms with Gasteiger partial charge < -0.3 is 20.3 Å². The lowest BCUT2D eigenvalue weighted by Crippen LogP contribution is -2.15. The summed E-state index contributed by atoms with van der Waals surface area (Å²) in [5.41, 5.74) is 8.70. The van der Waals surface area contributed by atoms with Gasteiger partial charge in [-0.05, 0) is 42.3 Å². The predicted octanol–water partition coefficient (Wildman–Crippen LogP) is 2.94. The van der Waals surface area contributed by atoms with Gasteiger partial charge in [0.25, 0.3) is 0 Å². The molecule has 2 aromatic rings. The Hall–Kier alpha value is -2.53. The van der Waals surface area contributed by atoms with Crippen LogP contribution in [-0.2, 0) is 4.79 Å². The second-order valence-corrected chi connectivity index (χ2v) is 5.31. The zero-order chi connectivity index (χ0) is 17.0. The molecule has 23 heavy (non-hydrogen) atoms. The van der Waals surface area contributed by atoms with Crippen LogP contribution in [-0.4, -0.2) is 25.3 Å². The van der Waals surface area contributed by atoms with Crippen molar-refractivity contribution in [1.29, 1.82) is 0 Å². The Labute approximate surface area is 135 Å². The fraction of sp³-hybridized carbons (Fsp3) is 0.278. The first-order chi connectivity index (χ1) is 11.0. The van der Waals surface area contributed by atoms with Crippen LogP contribution in [0, 0.1) is 0 Å². The van der Waals surface area contributed by atoms with Crippen LogP contribution >= 0.6 is 0 Å². The summed E-state index contributed by atoms with van der Waals surface area (Å²) in [6.07, 6.45) is 0. The lowest BCUT2D eigenvalue weighted by molar-refractivity contribution is -0.138. The van der Waals surface area contributed by atoms with Crippen molar-refractivity contribution < 1.29 is 19.4 Å². The molecule has 2 unspecified atom stereocenters. The van der Waals surface area contributed by atoms with Crippen molar-refractivity contribution in [2.75, 3.05) is 14.2 Å². The molecule has 0 spiro atoms. The number of nitrogens with two attached hydrogens (primary N) is 1. The largest absolute Gasteiger partial charge is 0.497 e. The number of hydrogen-bond acceptors (Lipinski definition) is 4. The molecule has 2 rings (SSSR count). The summed E-state index contributed by atoms with van der Waals surface area (Å²) < 4.78 is 10.5. The van der Waals surface area contributed by atoms with Crippen molar-refractivity contribution in [2.24, 2.45) is 5.73 Å². The van der Waals surface area contributed by atoms with Gasteiger partial charge in [0.15, 0.2) is 0 Å². The van der Waals surface area contributed by atoms with E-state index < -0.39 is 17.9 Å². The Morgan fingerprint density at radius 2 is 1.65 bits per heavy atom. The quantitative estimate of drug-likeness (QED) is 0.856.